The van der Waals surface area contributed by atoms with Gasteiger partial charge in [0.25, 0.3) is 5.91 Å². The lowest BCUT2D eigenvalue weighted by molar-refractivity contribution is 0.102. The summed E-state index contributed by atoms with van der Waals surface area (Å²) in [6.45, 7) is 7.98. The van der Waals surface area contributed by atoms with E-state index in [2.05, 4.69) is 36.3 Å². The topological polar surface area (TPSA) is 70.9 Å². The normalized spacial score (nSPS) is 11.6. The van der Waals surface area contributed by atoms with Gasteiger partial charge in [0, 0.05) is 17.2 Å². The van der Waals surface area contributed by atoms with Crippen molar-refractivity contribution in [2.24, 2.45) is 0 Å². The van der Waals surface area contributed by atoms with Gasteiger partial charge in [-0.05, 0) is 13.0 Å². The maximum Gasteiger partial charge on any atom is 0.260 e. The molecule has 2 N–H and O–H groups in total. The van der Waals surface area contributed by atoms with Crippen molar-refractivity contribution in [1.29, 1.82) is 0 Å². The third-order valence-corrected chi connectivity index (χ3v) is 2.73. The van der Waals surface area contributed by atoms with Crippen LogP contribution >= 0.6 is 0 Å². The minimum absolute atomic E-state index is 0.0263. The second-order valence-electron chi connectivity index (χ2n) is 5.26. The Morgan fingerprint density at radius 3 is 2.67 bits per heavy atom. The van der Waals surface area contributed by atoms with E-state index in [9.17, 15) is 4.79 Å². The van der Waals surface area contributed by atoms with Crippen LogP contribution in [0.2, 0.25) is 0 Å². The van der Waals surface area contributed by atoms with E-state index in [4.69, 9.17) is 4.42 Å². The van der Waals surface area contributed by atoms with Crippen LogP contribution < -0.4 is 5.32 Å². The van der Waals surface area contributed by atoms with Gasteiger partial charge >= 0.3 is 0 Å². The Balaban J connectivity index is 2.13. The number of anilines is 1. The van der Waals surface area contributed by atoms with Crippen LogP contribution in [0.5, 0.6) is 0 Å². The molecule has 0 bridgehead atoms. The number of aromatic amines is 1. The van der Waals surface area contributed by atoms with Crippen LogP contribution in [0.1, 0.15) is 42.6 Å². The Labute approximate surface area is 106 Å². The first-order valence-corrected chi connectivity index (χ1v) is 5.79. The molecule has 0 fully saturated rings. The molecule has 0 spiro atoms. The fourth-order valence-corrected chi connectivity index (χ4v) is 1.57. The smallest absolute Gasteiger partial charge is 0.260 e. The number of nitrogens with one attached hydrogen (secondary N) is 2. The molecule has 0 saturated carbocycles. The largest absolute Gasteiger partial charge is 0.469 e. The molecule has 2 rings (SSSR count). The van der Waals surface area contributed by atoms with Crippen molar-refractivity contribution in [3.05, 3.63) is 35.4 Å². The summed E-state index contributed by atoms with van der Waals surface area (Å²) in [6, 6.07) is 3.48. The number of carbonyl (C=O) groups excluding carboxylic acids is 1. The predicted octanol–water partition coefficient (Wildman–Crippen LogP) is 2.86. The van der Waals surface area contributed by atoms with Gasteiger partial charge in [-0.15, -0.1) is 0 Å². The molecule has 2 aromatic heterocycles. The number of aromatic nitrogens is 2. The lowest BCUT2D eigenvalue weighted by Crippen LogP contribution is -2.12. The van der Waals surface area contributed by atoms with Crippen molar-refractivity contribution in [2.45, 2.75) is 33.1 Å². The van der Waals surface area contributed by atoms with Crippen molar-refractivity contribution in [2.75, 3.05) is 5.32 Å². The first kappa shape index (κ1) is 12.4. The van der Waals surface area contributed by atoms with Gasteiger partial charge in [0.15, 0.2) is 5.82 Å². The Hall–Kier alpha value is -2.04. The van der Waals surface area contributed by atoms with Crippen LogP contribution in [-0.2, 0) is 5.41 Å². The van der Waals surface area contributed by atoms with Crippen LogP contribution in [-0.4, -0.2) is 16.1 Å². The summed E-state index contributed by atoms with van der Waals surface area (Å²) in [4.78, 5) is 11.9. The summed E-state index contributed by atoms with van der Waals surface area (Å²) < 4.78 is 5.09. The molecule has 18 heavy (non-hydrogen) atoms. The summed E-state index contributed by atoms with van der Waals surface area (Å²) in [5, 5.41) is 9.73. The fourth-order valence-electron chi connectivity index (χ4n) is 1.57. The molecule has 0 aliphatic heterocycles. The summed E-state index contributed by atoms with van der Waals surface area (Å²) in [5.41, 5.74) is 1.47. The van der Waals surface area contributed by atoms with Crippen molar-refractivity contribution < 1.29 is 9.21 Å². The van der Waals surface area contributed by atoms with Gasteiger partial charge in [-0.25, -0.2) is 0 Å². The number of H-pyrrole nitrogens is 1. The van der Waals surface area contributed by atoms with Gasteiger partial charge < -0.3 is 9.73 Å². The molecule has 5 heteroatoms. The van der Waals surface area contributed by atoms with E-state index in [0.717, 1.165) is 5.69 Å². The maximum absolute atomic E-state index is 11.9. The fraction of sp³-hybridized carbons (Fsp3) is 0.385. The quantitative estimate of drug-likeness (QED) is 0.857. The SMILES string of the molecule is Cc1occc1C(=O)Nc1cc(C(C)(C)C)[nH]n1. The van der Waals surface area contributed by atoms with Gasteiger partial charge in [0.1, 0.15) is 5.76 Å². The molecule has 0 aliphatic carbocycles. The zero-order valence-corrected chi connectivity index (χ0v) is 11.0. The van der Waals surface area contributed by atoms with E-state index in [0.29, 0.717) is 17.1 Å². The molecule has 0 saturated heterocycles. The van der Waals surface area contributed by atoms with Crippen LogP contribution in [0.4, 0.5) is 5.82 Å². The van der Waals surface area contributed by atoms with Crippen LogP contribution in [0.15, 0.2) is 22.8 Å². The van der Waals surface area contributed by atoms with Crippen LogP contribution in [0.3, 0.4) is 0 Å². The number of furan rings is 1. The molecule has 96 valence electrons. The molecule has 5 nitrogen and oxygen atoms in total. The van der Waals surface area contributed by atoms with Gasteiger partial charge in [-0.2, -0.15) is 5.10 Å². The number of aryl methyl sites for hydroxylation is 1. The van der Waals surface area contributed by atoms with Gasteiger partial charge in [-0.3, -0.25) is 9.89 Å². The Bertz CT molecular complexity index is 561. The minimum atomic E-state index is -0.215. The molecule has 2 heterocycles. The second kappa shape index (κ2) is 4.33. The summed E-state index contributed by atoms with van der Waals surface area (Å²) >= 11 is 0. The molecular weight excluding hydrogens is 230 g/mol. The standard InChI is InChI=1S/C13H17N3O2/c1-8-9(5-6-18-8)12(17)14-11-7-10(15-16-11)13(2,3)4/h5-7H,1-4H3,(H2,14,15,16,17). The number of rotatable bonds is 2. The van der Waals surface area contributed by atoms with E-state index in [1.807, 2.05) is 6.07 Å². The highest BCUT2D eigenvalue weighted by Crippen LogP contribution is 2.22. The Morgan fingerprint density at radius 1 is 1.44 bits per heavy atom. The average molecular weight is 247 g/mol. The second-order valence-corrected chi connectivity index (χ2v) is 5.26. The third-order valence-electron chi connectivity index (χ3n) is 2.73. The van der Waals surface area contributed by atoms with Gasteiger partial charge in [0.2, 0.25) is 0 Å². The number of carbonyl (C=O) groups is 1. The van der Waals surface area contributed by atoms with E-state index >= 15 is 0 Å². The summed E-state index contributed by atoms with van der Waals surface area (Å²) in [5.74, 6) is 0.901. The number of nitrogens with zero attached hydrogens (tertiary/aromatic N) is 1. The molecule has 1 amide bonds. The zero-order chi connectivity index (χ0) is 13.3. The summed E-state index contributed by atoms with van der Waals surface area (Å²) in [6.07, 6.45) is 1.50. The van der Waals surface area contributed by atoms with E-state index in [1.165, 1.54) is 6.26 Å². The monoisotopic (exact) mass is 247 g/mol. The molecule has 0 radical (unpaired) electrons. The number of amides is 1. The first-order valence-electron chi connectivity index (χ1n) is 5.79. The highest BCUT2D eigenvalue weighted by Gasteiger charge is 2.18. The number of hydrogen-bond acceptors (Lipinski definition) is 3. The highest BCUT2D eigenvalue weighted by atomic mass is 16.3. The maximum atomic E-state index is 11.9. The van der Waals surface area contributed by atoms with E-state index in [-0.39, 0.29) is 11.3 Å². The first-order chi connectivity index (χ1) is 8.38. The Kier molecular flexibility index (Phi) is 2.98. The number of hydrogen-bond donors (Lipinski definition) is 2. The molecule has 0 aromatic carbocycles. The predicted molar refractivity (Wildman–Crippen MR) is 68.7 cm³/mol. The Morgan fingerprint density at radius 2 is 2.17 bits per heavy atom. The van der Waals surface area contributed by atoms with Crippen LogP contribution in [0, 0.1) is 6.92 Å². The van der Waals surface area contributed by atoms with Crippen LogP contribution in [0.25, 0.3) is 0 Å². The molecule has 0 atom stereocenters. The van der Waals surface area contributed by atoms with Crippen molar-refractivity contribution >= 4 is 11.7 Å². The molecule has 2 aromatic rings. The van der Waals surface area contributed by atoms with Gasteiger partial charge in [-0.1, -0.05) is 20.8 Å². The molecular formula is C13H17N3O2. The van der Waals surface area contributed by atoms with E-state index in [1.54, 1.807) is 13.0 Å². The summed E-state index contributed by atoms with van der Waals surface area (Å²) in [7, 11) is 0. The lowest BCUT2D eigenvalue weighted by atomic mass is 9.92. The minimum Gasteiger partial charge on any atom is -0.469 e. The lowest BCUT2D eigenvalue weighted by Gasteiger charge is -2.14. The van der Waals surface area contributed by atoms with Gasteiger partial charge in [0.05, 0.1) is 11.8 Å². The van der Waals surface area contributed by atoms with Crippen molar-refractivity contribution in [3.63, 3.8) is 0 Å². The third kappa shape index (κ3) is 2.45. The zero-order valence-electron chi connectivity index (χ0n) is 11.0. The molecule has 0 aliphatic rings. The average Bonchev–Trinajstić information content (AvgIpc) is 2.85. The van der Waals surface area contributed by atoms with Crippen molar-refractivity contribution in [3.8, 4) is 0 Å². The van der Waals surface area contributed by atoms with E-state index < -0.39 is 0 Å². The molecule has 0 unspecified atom stereocenters. The highest BCUT2D eigenvalue weighted by molar-refractivity contribution is 6.04. The van der Waals surface area contributed by atoms with Crippen molar-refractivity contribution in [1.82, 2.24) is 10.2 Å².